The summed E-state index contributed by atoms with van der Waals surface area (Å²) in [7, 11) is 0. The molecule has 2 saturated heterocycles. The van der Waals surface area contributed by atoms with Crippen molar-refractivity contribution in [3.8, 4) is 0 Å². The van der Waals surface area contributed by atoms with E-state index in [0.717, 1.165) is 68.2 Å². The number of aryl methyl sites for hydroxylation is 1. The van der Waals surface area contributed by atoms with Gasteiger partial charge in [0.15, 0.2) is 0 Å². The average Bonchev–Trinajstić information content (AvgIpc) is 3.35. The lowest BCUT2D eigenvalue weighted by Crippen LogP contribution is -2.46. The van der Waals surface area contributed by atoms with Crippen molar-refractivity contribution in [1.29, 1.82) is 0 Å². The molecule has 7 heteroatoms. The minimum Gasteiger partial charge on any atom is -0.369 e. The third-order valence-corrected chi connectivity index (χ3v) is 7.32. The summed E-state index contributed by atoms with van der Waals surface area (Å²) in [6, 6.07) is 10.0. The Bertz CT molecular complexity index is 906. The lowest BCUT2D eigenvalue weighted by molar-refractivity contribution is -0.121. The number of anilines is 2. The Morgan fingerprint density at radius 1 is 1.13 bits per heavy atom. The van der Waals surface area contributed by atoms with E-state index < -0.39 is 0 Å². The molecular formula is C24H32N4O2S. The van der Waals surface area contributed by atoms with E-state index in [1.807, 2.05) is 28.5 Å². The summed E-state index contributed by atoms with van der Waals surface area (Å²) in [6.45, 7) is 10.8. The number of likely N-dealkylation sites (N-methyl/N-ethyl adjacent to an activating group) is 1. The first-order valence-corrected chi connectivity index (χ1v) is 12.1. The number of piperazine rings is 1. The summed E-state index contributed by atoms with van der Waals surface area (Å²) in [5.41, 5.74) is 3.16. The van der Waals surface area contributed by atoms with Crippen molar-refractivity contribution in [1.82, 2.24) is 9.80 Å². The predicted octanol–water partition coefficient (Wildman–Crippen LogP) is 3.69. The van der Waals surface area contributed by atoms with Gasteiger partial charge in [-0.05, 0) is 61.5 Å². The van der Waals surface area contributed by atoms with Crippen LogP contribution in [0.4, 0.5) is 11.4 Å². The molecule has 2 fully saturated rings. The summed E-state index contributed by atoms with van der Waals surface area (Å²) in [5.74, 6) is -0.119. The number of rotatable bonds is 5. The van der Waals surface area contributed by atoms with Crippen molar-refractivity contribution in [3.63, 3.8) is 0 Å². The van der Waals surface area contributed by atoms with Gasteiger partial charge in [-0.1, -0.05) is 13.0 Å². The predicted molar refractivity (Wildman–Crippen MR) is 127 cm³/mol. The number of nitrogens with one attached hydrogen (secondary N) is 1. The molecule has 2 amide bonds. The molecule has 0 radical (unpaired) electrons. The maximum Gasteiger partial charge on any atom is 0.263 e. The van der Waals surface area contributed by atoms with Crippen molar-refractivity contribution >= 4 is 34.5 Å². The summed E-state index contributed by atoms with van der Waals surface area (Å²) >= 11 is 1.45. The van der Waals surface area contributed by atoms with Crippen molar-refractivity contribution < 1.29 is 9.59 Å². The molecule has 0 spiro atoms. The van der Waals surface area contributed by atoms with Gasteiger partial charge >= 0.3 is 0 Å². The third kappa shape index (κ3) is 5.10. The number of likely N-dealkylation sites (tertiary alicyclic amines) is 1. The second-order valence-electron chi connectivity index (χ2n) is 8.48. The SMILES string of the molecule is CCN1CCN(c2ccc(NC(=O)C3CCCN(C(=O)c4cccs4)C3)c(C)c2)CC1. The zero-order valence-corrected chi connectivity index (χ0v) is 19.3. The van der Waals surface area contributed by atoms with Crippen LogP contribution >= 0.6 is 11.3 Å². The van der Waals surface area contributed by atoms with E-state index in [-0.39, 0.29) is 17.7 Å². The minimum absolute atomic E-state index is 0.0103. The van der Waals surface area contributed by atoms with Gasteiger partial charge in [0, 0.05) is 50.6 Å². The second-order valence-corrected chi connectivity index (χ2v) is 9.43. The van der Waals surface area contributed by atoms with E-state index in [1.165, 1.54) is 17.0 Å². The maximum absolute atomic E-state index is 13.0. The normalized spacial score (nSPS) is 20.0. The van der Waals surface area contributed by atoms with Gasteiger partial charge in [-0.15, -0.1) is 11.3 Å². The van der Waals surface area contributed by atoms with E-state index in [2.05, 4.69) is 41.1 Å². The van der Waals surface area contributed by atoms with Crippen LogP contribution in [-0.4, -0.2) is 67.4 Å². The molecule has 1 aromatic heterocycles. The first-order valence-electron chi connectivity index (χ1n) is 11.3. The topological polar surface area (TPSA) is 55.9 Å². The zero-order chi connectivity index (χ0) is 21.8. The quantitative estimate of drug-likeness (QED) is 0.771. The van der Waals surface area contributed by atoms with E-state index in [4.69, 9.17) is 0 Å². The molecule has 1 N–H and O–H groups in total. The summed E-state index contributed by atoms with van der Waals surface area (Å²) < 4.78 is 0. The van der Waals surface area contributed by atoms with E-state index in [9.17, 15) is 9.59 Å². The average molecular weight is 441 g/mol. The lowest BCUT2D eigenvalue weighted by Gasteiger charge is -2.35. The molecule has 4 rings (SSSR count). The van der Waals surface area contributed by atoms with Gasteiger partial charge in [-0.3, -0.25) is 9.59 Å². The van der Waals surface area contributed by atoms with Gasteiger partial charge in [0.2, 0.25) is 5.91 Å². The van der Waals surface area contributed by atoms with Crippen LogP contribution in [0.3, 0.4) is 0 Å². The Kier molecular flexibility index (Phi) is 6.92. The third-order valence-electron chi connectivity index (χ3n) is 6.46. The Balaban J connectivity index is 1.36. The molecular weight excluding hydrogens is 408 g/mol. The molecule has 0 bridgehead atoms. The van der Waals surface area contributed by atoms with Gasteiger partial charge < -0.3 is 20.0 Å². The molecule has 166 valence electrons. The first-order chi connectivity index (χ1) is 15.0. The van der Waals surface area contributed by atoms with Gasteiger partial charge in [0.05, 0.1) is 10.8 Å². The number of piperidine rings is 1. The van der Waals surface area contributed by atoms with Crippen LogP contribution < -0.4 is 10.2 Å². The number of benzene rings is 1. The van der Waals surface area contributed by atoms with Crippen molar-refractivity contribution in [3.05, 3.63) is 46.2 Å². The highest BCUT2D eigenvalue weighted by molar-refractivity contribution is 7.12. The minimum atomic E-state index is -0.168. The van der Waals surface area contributed by atoms with Crippen LogP contribution in [0.5, 0.6) is 0 Å². The first kappa shape index (κ1) is 21.8. The zero-order valence-electron chi connectivity index (χ0n) is 18.5. The summed E-state index contributed by atoms with van der Waals surface area (Å²) in [4.78, 5) is 33.1. The molecule has 3 heterocycles. The van der Waals surface area contributed by atoms with E-state index in [1.54, 1.807) is 0 Å². The maximum atomic E-state index is 13.0. The number of hydrogen-bond acceptors (Lipinski definition) is 5. The second kappa shape index (κ2) is 9.83. The highest BCUT2D eigenvalue weighted by Crippen LogP contribution is 2.26. The van der Waals surface area contributed by atoms with Crippen molar-refractivity contribution in [2.45, 2.75) is 26.7 Å². The molecule has 1 aromatic carbocycles. The Morgan fingerprint density at radius 3 is 2.61 bits per heavy atom. The molecule has 2 aliphatic rings. The van der Waals surface area contributed by atoms with Crippen LogP contribution in [0.1, 0.15) is 35.0 Å². The fraction of sp³-hybridized carbons (Fsp3) is 0.500. The number of thiophene rings is 1. The number of carbonyl (C=O) groups is 2. The van der Waals surface area contributed by atoms with Gasteiger partial charge in [0.25, 0.3) is 5.91 Å². The molecule has 6 nitrogen and oxygen atoms in total. The van der Waals surface area contributed by atoms with Crippen LogP contribution in [0.25, 0.3) is 0 Å². The molecule has 0 saturated carbocycles. The summed E-state index contributed by atoms with van der Waals surface area (Å²) in [6.07, 6.45) is 1.68. The Hall–Kier alpha value is -2.38. The van der Waals surface area contributed by atoms with Gasteiger partial charge in [-0.25, -0.2) is 0 Å². The van der Waals surface area contributed by atoms with Gasteiger partial charge in [-0.2, -0.15) is 0 Å². The summed E-state index contributed by atoms with van der Waals surface area (Å²) in [5, 5.41) is 5.03. The fourth-order valence-corrected chi connectivity index (χ4v) is 5.16. The molecule has 1 unspecified atom stereocenters. The highest BCUT2D eigenvalue weighted by atomic mass is 32.1. The molecule has 2 aromatic rings. The van der Waals surface area contributed by atoms with E-state index >= 15 is 0 Å². The van der Waals surface area contributed by atoms with Crippen molar-refractivity contribution in [2.24, 2.45) is 5.92 Å². The van der Waals surface area contributed by atoms with Crippen LogP contribution in [0, 0.1) is 12.8 Å². The van der Waals surface area contributed by atoms with Crippen LogP contribution in [-0.2, 0) is 4.79 Å². The number of nitrogens with zero attached hydrogens (tertiary/aromatic N) is 3. The Labute approximate surface area is 188 Å². The Morgan fingerprint density at radius 2 is 1.94 bits per heavy atom. The number of carbonyl (C=O) groups excluding carboxylic acids is 2. The van der Waals surface area contributed by atoms with Gasteiger partial charge in [0.1, 0.15) is 0 Å². The fourth-order valence-electron chi connectivity index (χ4n) is 4.47. The van der Waals surface area contributed by atoms with Crippen LogP contribution in [0.15, 0.2) is 35.7 Å². The smallest absolute Gasteiger partial charge is 0.263 e. The lowest BCUT2D eigenvalue weighted by atomic mass is 9.96. The standard InChI is InChI=1S/C24H32N4O2S/c1-3-26-11-13-27(14-12-26)20-8-9-21(18(2)16-20)25-23(29)19-6-4-10-28(17-19)24(30)22-7-5-15-31-22/h5,7-9,15-16,19H,3-4,6,10-14,17H2,1-2H3,(H,25,29). The number of amides is 2. The molecule has 1 atom stereocenters. The molecule has 31 heavy (non-hydrogen) atoms. The number of hydrogen-bond donors (Lipinski definition) is 1. The van der Waals surface area contributed by atoms with Crippen molar-refractivity contribution in [2.75, 3.05) is 56.0 Å². The van der Waals surface area contributed by atoms with E-state index in [0.29, 0.717) is 6.54 Å². The largest absolute Gasteiger partial charge is 0.369 e. The molecule has 0 aliphatic carbocycles. The molecule has 2 aliphatic heterocycles. The monoisotopic (exact) mass is 440 g/mol. The highest BCUT2D eigenvalue weighted by Gasteiger charge is 2.29. The van der Waals surface area contributed by atoms with Crippen LogP contribution in [0.2, 0.25) is 0 Å².